The summed E-state index contributed by atoms with van der Waals surface area (Å²) in [6.07, 6.45) is 3.38. The summed E-state index contributed by atoms with van der Waals surface area (Å²) in [5.41, 5.74) is 8.59. The molecule has 1 fully saturated rings. The van der Waals surface area contributed by atoms with Crippen molar-refractivity contribution in [3.8, 4) is 22.6 Å². The minimum absolute atomic E-state index is 0.315. The third-order valence-corrected chi connectivity index (χ3v) is 6.12. The number of carbonyl (C=O) groups is 1. The maximum absolute atomic E-state index is 12.1. The highest BCUT2D eigenvalue weighted by Crippen LogP contribution is 2.41. The standard InChI is InChI=1S/C22H19N5OS/c23-19(28)17-10-6-12-27(17)21-18-15(14-7-2-1-3-8-14)13-29-22(18)26-20(25-21)16-9-4-5-11-24-16/h1-5,7-9,11,13,17H,6,10,12H2,(H2,23,28). The molecule has 29 heavy (non-hydrogen) atoms. The van der Waals surface area contributed by atoms with Crippen LogP contribution in [0.2, 0.25) is 0 Å². The van der Waals surface area contributed by atoms with Crippen molar-refractivity contribution in [3.63, 3.8) is 0 Å². The molecule has 5 rings (SSSR count). The normalized spacial score (nSPS) is 16.4. The first-order chi connectivity index (χ1) is 14.2. The lowest BCUT2D eigenvalue weighted by Crippen LogP contribution is -2.40. The molecular formula is C22H19N5OS. The Bertz CT molecular complexity index is 1180. The molecule has 3 aromatic heterocycles. The zero-order chi connectivity index (χ0) is 19.8. The number of thiophene rings is 1. The Hall–Kier alpha value is -3.32. The topological polar surface area (TPSA) is 85.0 Å². The molecule has 0 aliphatic carbocycles. The van der Waals surface area contributed by atoms with Crippen LogP contribution in [-0.2, 0) is 4.79 Å². The molecule has 0 bridgehead atoms. The molecule has 0 spiro atoms. The maximum Gasteiger partial charge on any atom is 0.240 e. The minimum atomic E-state index is -0.354. The number of carbonyl (C=O) groups excluding carboxylic acids is 1. The monoisotopic (exact) mass is 401 g/mol. The van der Waals surface area contributed by atoms with E-state index >= 15 is 0 Å². The van der Waals surface area contributed by atoms with Crippen LogP contribution in [0.25, 0.3) is 32.9 Å². The van der Waals surface area contributed by atoms with Gasteiger partial charge in [0.05, 0.1) is 5.39 Å². The fourth-order valence-electron chi connectivity index (χ4n) is 3.89. The van der Waals surface area contributed by atoms with Gasteiger partial charge in [-0.05, 0) is 30.5 Å². The second-order valence-electron chi connectivity index (χ2n) is 7.04. The summed E-state index contributed by atoms with van der Waals surface area (Å²) in [6, 6.07) is 15.5. The van der Waals surface area contributed by atoms with Crippen LogP contribution < -0.4 is 10.6 Å². The molecule has 1 aliphatic heterocycles. The molecule has 1 aliphatic rings. The third-order valence-electron chi connectivity index (χ3n) is 5.25. The van der Waals surface area contributed by atoms with Crippen molar-refractivity contribution in [3.05, 3.63) is 60.1 Å². The van der Waals surface area contributed by atoms with Gasteiger partial charge in [-0.3, -0.25) is 9.78 Å². The lowest BCUT2D eigenvalue weighted by Gasteiger charge is -2.24. The van der Waals surface area contributed by atoms with E-state index in [1.54, 1.807) is 17.5 Å². The first-order valence-electron chi connectivity index (χ1n) is 9.54. The highest BCUT2D eigenvalue weighted by atomic mass is 32.1. The Morgan fingerprint density at radius 3 is 2.69 bits per heavy atom. The molecule has 1 amide bonds. The van der Waals surface area contributed by atoms with Crippen LogP contribution in [0, 0.1) is 0 Å². The Kier molecular flexibility index (Phi) is 4.44. The highest BCUT2D eigenvalue weighted by molar-refractivity contribution is 7.17. The number of nitrogens with zero attached hydrogens (tertiary/aromatic N) is 4. The first-order valence-corrected chi connectivity index (χ1v) is 10.4. The van der Waals surface area contributed by atoms with Crippen LogP contribution in [0.1, 0.15) is 12.8 Å². The van der Waals surface area contributed by atoms with Gasteiger partial charge in [-0.25, -0.2) is 9.97 Å². The second-order valence-corrected chi connectivity index (χ2v) is 7.89. The van der Waals surface area contributed by atoms with Crippen molar-refractivity contribution in [2.45, 2.75) is 18.9 Å². The molecule has 0 saturated carbocycles. The molecular weight excluding hydrogens is 382 g/mol. The van der Waals surface area contributed by atoms with Crippen molar-refractivity contribution in [1.82, 2.24) is 15.0 Å². The van der Waals surface area contributed by atoms with E-state index < -0.39 is 0 Å². The quantitative estimate of drug-likeness (QED) is 0.561. The van der Waals surface area contributed by atoms with E-state index in [9.17, 15) is 4.79 Å². The molecule has 1 saturated heterocycles. The number of benzene rings is 1. The molecule has 4 heterocycles. The molecule has 6 nitrogen and oxygen atoms in total. The Morgan fingerprint density at radius 2 is 1.93 bits per heavy atom. The Labute approximate surface area is 172 Å². The zero-order valence-corrected chi connectivity index (χ0v) is 16.5. The summed E-state index contributed by atoms with van der Waals surface area (Å²) in [6.45, 7) is 0.742. The molecule has 4 aromatic rings. The average molecular weight is 401 g/mol. The van der Waals surface area contributed by atoms with Crippen LogP contribution in [0.3, 0.4) is 0 Å². The van der Waals surface area contributed by atoms with E-state index in [2.05, 4.69) is 22.5 Å². The lowest BCUT2D eigenvalue weighted by atomic mass is 10.1. The smallest absolute Gasteiger partial charge is 0.240 e. The Morgan fingerprint density at radius 1 is 1.10 bits per heavy atom. The van der Waals surface area contributed by atoms with Gasteiger partial charge in [0, 0.05) is 23.7 Å². The number of nitrogens with two attached hydrogens (primary N) is 1. The number of aromatic nitrogens is 3. The molecule has 0 radical (unpaired) electrons. The van der Waals surface area contributed by atoms with Gasteiger partial charge in [-0.2, -0.15) is 0 Å². The van der Waals surface area contributed by atoms with Crippen LogP contribution in [-0.4, -0.2) is 33.4 Å². The summed E-state index contributed by atoms with van der Waals surface area (Å²) < 4.78 is 0. The summed E-state index contributed by atoms with van der Waals surface area (Å²) >= 11 is 1.58. The number of pyridine rings is 1. The van der Waals surface area contributed by atoms with E-state index in [0.29, 0.717) is 11.5 Å². The van der Waals surface area contributed by atoms with Gasteiger partial charge in [-0.15, -0.1) is 11.3 Å². The maximum atomic E-state index is 12.1. The first kappa shape index (κ1) is 17.8. The summed E-state index contributed by atoms with van der Waals surface area (Å²) in [4.78, 5) is 29.1. The summed E-state index contributed by atoms with van der Waals surface area (Å²) in [5.74, 6) is 1.01. The predicted molar refractivity (Wildman–Crippen MR) is 116 cm³/mol. The van der Waals surface area contributed by atoms with Crippen molar-refractivity contribution in [1.29, 1.82) is 0 Å². The van der Waals surface area contributed by atoms with Crippen molar-refractivity contribution in [2.24, 2.45) is 5.73 Å². The van der Waals surface area contributed by atoms with Crippen molar-refractivity contribution < 1.29 is 4.79 Å². The molecule has 144 valence electrons. The van der Waals surface area contributed by atoms with Crippen LogP contribution in [0.4, 0.5) is 5.82 Å². The van der Waals surface area contributed by atoms with Gasteiger partial charge in [0.1, 0.15) is 22.4 Å². The van der Waals surface area contributed by atoms with Crippen molar-refractivity contribution >= 4 is 33.3 Å². The van der Waals surface area contributed by atoms with Gasteiger partial charge in [0.15, 0.2) is 5.82 Å². The third kappa shape index (κ3) is 3.13. The molecule has 1 atom stereocenters. The molecule has 1 aromatic carbocycles. The SMILES string of the molecule is NC(=O)C1CCCN1c1nc(-c2ccccn2)nc2scc(-c3ccccc3)c12. The number of hydrogen-bond acceptors (Lipinski definition) is 6. The minimum Gasteiger partial charge on any atom is -0.368 e. The predicted octanol–water partition coefficient (Wildman–Crippen LogP) is 3.87. The van der Waals surface area contributed by atoms with Gasteiger partial charge in [0.25, 0.3) is 0 Å². The molecule has 7 heteroatoms. The van der Waals surface area contributed by atoms with E-state index in [-0.39, 0.29) is 11.9 Å². The molecule has 1 unspecified atom stereocenters. The number of primary amides is 1. The van der Waals surface area contributed by atoms with Gasteiger partial charge >= 0.3 is 0 Å². The fraction of sp³-hybridized carbons (Fsp3) is 0.182. The molecule has 2 N–H and O–H groups in total. The number of rotatable bonds is 4. The highest BCUT2D eigenvalue weighted by Gasteiger charge is 2.32. The largest absolute Gasteiger partial charge is 0.368 e. The van der Waals surface area contributed by atoms with Crippen LogP contribution in [0.5, 0.6) is 0 Å². The van der Waals surface area contributed by atoms with Gasteiger partial charge in [-0.1, -0.05) is 36.4 Å². The van der Waals surface area contributed by atoms with Crippen molar-refractivity contribution in [2.75, 3.05) is 11.4 Å². The van der Waals surface area contributed by atoms with E-state index in [0.717, 1.165) is 46.5 Å². The van der Waals surface area contributed by atoms with E-state index in [1.807, 2.05) is 41.3 Å². The number of amides is 1. The number of fused-ring (bicyclic) bond motifs is 1. The zero-order valence-electron chi connectivity index (χ0n) is 15.7. The number of anilines is 1. The fourth-order valence-corrected chi connectivity index (χ4v) is 4.83. The summed E-state index contributed by atoms with van der Waals surface area (Å²) in [5, 5.41) is 3.07. The average Bonchev–Trinajstić information content (AvgIpc) is 3.42. The number of hydrogen-bond donors (Lipinski definition) is 1. The Balaban J connectivity index is 1.76. The van der Waals surface area contributed by atoms with Crippen LogP contribution >= 0.6 is 11.3 Å². The van der Waals surface area contributed by atoms with Gasteiger partial charge in [0.2, 0.25) is 5.91 Å². The lowest BCUT2D eigenvalue weighted by molar-refractivity contribution is -0.119. The summed E-state index contributed by atoms with van der Waals surface area (Å²) in [7, 11) is 0. The van der Waals surface area contributed by atoms with E-state index in [1.165, 1.54) is 0 Å². The van der Waals surface area contributed by atoms with E-state index in [4.69, 9.17) is 15.7 Å². The second kappa shape index (κ2) is 7.25. The van der Waals surface area contributed by atoms with Crippen LogP contribution in [0.15, 0.2) is 60.1 Å². The van der Waals surface area contributed by atoms with Gasteiger partial charge < -0.3 is 10.6 Å².